The SMILES string of the molecule is Cc1ccc(-n2c(C)cc(/C=N/n3cnc4sc5c(c4c3=O)CCCC5)c2C)cc1. The van der Waals surface area contributed by atoms with Gasteiger partial charge in [-0.15, -0.1) is 11.3 Å². The van der Waals surface area contributed by atoms with Crippen LogP contribution in [0.15, 0.2) is 46.6 Å². The van der Waals surface area contributed by atoms with E-state index in [1.807, 2.05) is 0 Å². The summed E-state index contributed by atoms with van der Waals surface area (Å²) < 4.78 is 3.59. The number of aryl methyl sites for hydroxylation is 4. The lowest BCUT2D eigenvalue weighted by atomic mass is 9.97. The Morgan fingerprint density at radius 2 is 1.87 bits per heavy atom. The van der Waals surface area contributed by atoms with E-state index in [0.29, 0.717) is 0 Å². The smallest absolute Gasteiger partial charge is 0.282 e. The standard InChI is InChI=1S/C24H24N4OS/c1-15-8-10-19(11-9-15)28-16(2)12-18(17(28)3)13-26-27-14-25-23-22(24(27)29)20-6-4-5-7-21(20)30-23/h8-14H,4-7H2,1-3H3/b26-13+. The molecular formula is C24H24N4OS. The minimum Gasteiger partial charge on any atom is -0.318 e. The molecule has 0 spiro atoms. The lowest BCUT2D eigenvalue weighted by molar-refractivity contribution is 0.699. The van der Waals surface area contributed by atoms with E-state index in [9.17, 15) is 4.79 Å². The molecule has 4 aromatic rings. The summed E-state index contributed by atoms with van der Waals surface area (Å²) in [6, 6.07) is 10.6. The number of aromatic nitrogens is 3. The van der Waals surface area contributed by atoms with Crippen LogP contribution in [0, 0.1) is 20.8 Å². The second-order valence-corrected chi connectivity index (χ2v) is 9.11. The Balaban J connectivity index is 1.54. The van der Waals surface area contributed by atoms with E-state index in [0.717, 1.165) is 52.1 Å². The van der Waals surface area contributed by atoms with Crippen molar-refractivity contribution in [2.45, 2.75) is 46.5 Å². The number of nitrogens with zero attached hydrogens (tertiary/aromatic N) is 4. The topological polar surface area (TPSA) is 52.2 Å². The molecule has 0 radical (unpaired) electrons. The minimum absolute atomic E-state index is 0.0667. The molecule has 5 rings (SSSR count). The Bertz CT molecular complexity index is 1340. The number of benzene rings is 1. The lowest BCUT2D eigenvalue weighted by Crippen LogP contribution is -2.18. The maximum Gasteiger partial charge on any atom is 0.282 e. The van der Waals surface area contributed by atoms with E-state index >= 15 is 0 Å². The summed E-state index contributed by atoms with van der Waals surface area (Å²) in [5.41, 5.74) is 6.71. The van der Waals surface area contributed by atoms with Gasteiger partial charge in [0.15, 0.2) is 0 Å². The van der Waals surface area contributed by atoms with Crippen molar-refractivity contribution >= 4 is 27.8 Å². The summed E-state index contributed by atoms with van der Waals surface area (Å²) in [4.78, 5) is 19.8. The van der Waals surface area contributed by atoms with Crippen LogP contribution in [0.3, 0.4) is 0 Å². The summed E-state index contributed by atoms with van der Waals surface area (Å²) in [5, 5.41) is 5.25. The molecule has 1 aliphatic rings. The Morgan fingerprint density at radius 1 is 1.10 bits per heavy atom. The van der Waals surface area contributed by atoms with Gasteiger partial charge in [0, 0.05) is 27.5 Å². The van der Waals surface area contributed by atoms with Gasteiger partial charge in [-0.1, -0.05) is 17.7 Å². The van der Waals surface area contributed by atoms with Gasteiger partial charge in [-0.3, -0.25) is 4.79 Å². The van der Waals surface area contributed by atoms with Crippen molar-refractivity contribution in [1.29, 1.82) is 0 Å². The van der Waals surface area contributed by atoms with Crippen molar-refractivity contribution in [3.8, 4) is 5.69 Å². The molecule has 152 valence electrons. The van der Waals surface area contributed by atoms with Gasteiger partial charge in [0.2, 0.25) is 0 Å². The van der Waals surface area contributed by atoms with Crippen LogP contribution in [0.1, 0.15) is 45.8 Å². The van der Waals surface area contributed by atoms with Crippen molar-refractivity contribution in [1.82, 2.24) is 14.2 Å². The summed E-state index contributed by atoms with van der Waals surface area (Å²) in [5.74, 6) is 0. The summed E-state index contributed by atoms with van der Waals surface area (Å²) in [6.45, 7) is 6.25. The van der Waals surface area contributed by atoms with Crippen LogP contribution in [0.2, 0.25) is 0 Å². The van der Waals surface area contributed by atoms with Gasteiger partial charge in [0.25, 0.3) is 5.56 Å². The minimum atomic E-state index is -0.0667. The zero-order chi connectivity index (χ0) is 20.8. The van der Waals surface area contributed by atoms with Crippen molar-refractivity contribution < 1.29 is 0 Å². The Labute approximate surface area is 179 Å². The summed E-state index contributed by atoms with van der Waals surface area (Å²) >= 11 is 1.66. The van der Waals surface area contributed by atoms with Crippen LogP contribution in [-0.2, 0) is 12.8 Å². The number of hydrogen-bond acceptors (Lipinski definition) is 4. The molecule has 30 heavy (non-hydrogen) atoms. The first-order valence-electron chi connectivity index (χ1n) is 10.3. The van der Waals surface area contributed by atoms with Crippen LogP contribution in [0.5, 0.6) is 0 Å². The molecule has 6 heteroatoms. The Morgan fingerprint density at radius 3 is 2.67 bits per heavy atom. The molecule has 3 aromatic heterocycles. The number of fused-ring (bicyclic) bond motifs is 3. The van der Waals surface area contributed by atoms with E-state index in [2.05, 4.69) is 65.8 Å². The molecule has 0 saturated carbocycles. The van der Waals surface area contributed by atoms with Crippen LogP contribution in [-0.4, -0.2) is 20.4 Å². The van der Waals surface area contributed by atoms with Crippen LogP contribution in [0.25, 0.3) is 15.9 Å². The first kappa shape index (κ1) is 19.0. The van der Waals surface area contributed by atoms with Gasteiger partial charge >= 0.3 is 0 Å². The van der Waals surface area contributed by atoms with Gasteiger partial charge in [-0.25, -0.2) is 4.98 Å². The fraction of sp³-hybridized carbons (Fsp3) is 0.292. The number of thiophene rings is 1. The predicted molar refractivity (Wildman–Crippen MR) is 123 cm³/mol. The second-order valence-electron chi connectivity index (χ2n) is 8.03. The average molecular weight is 417 g/mol. The number of rotatable bonds is 3. The molecule has 5 nitrogen and oxygen atoms in total. The third-order valence-corrected chi connectivity index (χ3v) is 7.14. The molecule has 0 unspecified atom stereocenters. The van der Waals surface area contributed by atoms with Crippen molar-refractivity contribution in [2.75, 3.05) is 0 Å². The molecule has 3 heterocycles. The molecule has 0 saturated heterocycles. The van der Waals surface area contributed by atoms with E-state index in [1.165, 1.54) is 27.1 Å². The van der Waals surface area contributed by atoms with Crippen molar-refractivity contribution in [3.63, 3.8) is 0 Å². The molecule has 0 bridgehead atoms. The Kier molecular flexibility index (Phi) is 4.66. The van der Waals surface area contributed by atoms with Gasteiger partial charge in [-0.2, -0.15) is 9.78 Å². The third kappa shape index (κ3) is 3.12. The van der Waals surface area contributed by atoms with Crippen LogP contribution < -0.4 is 5.56 Å². The lowest BCUT2D eigenvalue weighted by Gasteiger charge is -2.10. The quantitative estimate of drug-likeness (QED) is 0.445. The average Bonchev–Trinajstić information content (AvgIpc) is 3.25. The second kappa shape index (κ2) is 7.36. The van der Waals surface area contributed by atoms with E-state index in [1.54, 1.807) is 23.9 Å². The third-order valence-electron chi connectivity index (χ3n) is 5.94. The highest BCUT2D eigenvalue weighted by molar-refractivity contribution is 7.18. The molecule has 0 amide bonds. The predicted octanol–water partition coefficient (Wildman–Crippen LogP) is 4.93. The highest BCUT2D eigenvalue weighted by Crippen LogP contribution is 2.33. The molecular weight excluding hydrogens is 392 g/mol. The monoisotopic (exact) mass is 416 g/mol. The molecule has 0 aliphatic heterocycles. The Hall–Kier alpha value is -2.99. The first-order valence-corrected chi connectivity index (χ1v) is 11.2. The molecule has 0 N–H and O–H groups in total. The maximum atomic E-state index is 13.1. The molecule has 1 aromatic carbocycles. The normalized spacial score (nSPS) is 14.0. The van der Waals surface area contributed by atoms with E-state index in [4.69, 9.17) is 0 Å². The largest absolute Gasteiger partial charge is 0.318 e. The maximum absolute atomic E-state index is 13.1. The first-order chi connectivity index (χ1) is 14.5. The van der Waals surface area contributed by atoms with Crippen LogP contribution >= 0.6 is 11.3 Å². The fourth-order valence-electron chi connectivity index (χ4n) is 4.35. The zero-order valence-electron chi connectivity index (χ0n) is 17.5. The summed E-state index contributed by atoms with van der Waals surface area (Å²) in [7, 11) is 0. The van der Waals surface area contributed by atoms with Crippen molar-refractivity contribution in [3.05, 3.63) is 80.0 Å². The number of hydrogen-bond donors (Lipinski definition) is 0. The van der Waals surface area contributed by atoms with Gasteiger partial charge in [0.05, 0.1) is 11.6 Å². The highest BCUT2D eigenvalue weighted by atomic mass is 32.1. The molecule has 0 fully saturated rings. The van der Waals surface area contributed by atoms with Gasteiger partial charge in [0.1, 0.15) is 11.2 Å². The van der Waals surface area contributed by atoms with Gasteiger partial charge < -0.3 is 4.57 Å². The summed E-state index contributed by atoms with van der Waals surface area (Å²) in [6.07, 6.45) is 7.68. The zero-order valence-corrected chi connectivity index (χ0v) is 18.3. The fourth-order valence-corrected chi connectivity index (χ4v) is 5.57. The van der Waals surface area contributed by atoms with Gasteiger partial charge in [-0.05, 0) is 70.2 Å². The van der Waals surface area contributed by atoms with E-state index < -0.39 is 0 Å². The highest BCUT2D eigenvalue weighted by Gasteiger charge is 2.20. The van der Waals surface area contributed by atoms with Crippen molar-refractivity contribution in [2.24, 2.45) is 5.10 Å². The van der Waals surface area contributed by atoms with E-state index in [-0.39, 0.29) is 5.56 Å². The molecule has 0 atom stereocenters. The van der Waals surface area contributed by atoms with Crippen LogP contribution in [0.4, 0.5) is 0 Å². The molecule has 1 aliphatic carbocycles.